The highest BCUT2D eigenvalue weighted by Crippen LogP contribution is 2.36. The number of rotatable bonds is 4. The maximum absolute atomic E-state index is 14.5. The SMILES string of the molecule is CCNC(=O)c1nc(-c2ccc(-c3ccc(N)cc3F)c3c2C(=O)NC3)[nH]c1C.Nc1ccc(F)cc1. The highest BCUT2D eigenvalue weighted by Gasteiger charge is 2.29. The zero-order valence-electron chi connectivity index (χ0n) is 20.3. The summed E-state index contributed by atoms with van der Waals surface area (Å²) in [5, 5.41) is 5.51. The van der Waals surface area contributed by atoms with Gasteiger partial charge in [-0.05, 0) is 73.5 Å². The lowest BCUT2D eigenvalue weighted by Gasteiger charge is -2.11. The maximum atomic E-state index is 14.5. The molecule has 0 atom stereocenters. The number of nitrogens with two attached hydrogens (primary N) is 2. The van der Waals surface area contributed by atoms with E-state index in [-0.39, 0.29) is 29.9 Å². The Kier molecular flexibility index (Phi) is 7.19. The third-order valence-electron chi connectivity index (χ3n) is 5.81. The first-order chi connectivity index (χ1) is 17.7. The monoisotopic (exact) mass is 504 g/mol. The predicted octanol–water partition coefficient (Wildman–Crippen LogP) is 4.17. The Morgan fingerprint density at radius 2 is 1.65 bits per heavy atom. The highest BCUT2D eigenvalue weighted by molar-refractivity contribution is 6.06. The van der Waals surface area contributed by atoms with Crippen molar-refractivity contribution in [3.8, 4) is 22.5 Å². The van der Waals surface area contributed by atoms with E-state index in [1.165, 1.54) is 30.3 Å². The van der Waals surface area contributed by atoms with Gasteiger partial charge in [0, 0.05) is 41.3 Å². The Hall–Kier alpha value is -4.73. The van der Waals surface area contributed by atoms with E-state index < -0.39 is 5.82 Å². The molecule has 4 aromatic rings. The molecule has 3 aromatic carbocycles. The molecule has 1 aliphatic rings. The summed E-state index contributed by atoms with van der Waals surface area (Å²) >= 11 is 0. The van der Waals surface area contributed by atoms with Crippen molar-refractivity contribution >= 4 is 23.2 Å². The van der Waals surface area contributed by atoms with Crippen molar-refractivity contribution in [1.82, 2.24) is 20.6 Å². The second-order valence-corrected chi connectivity index (χ2v) is 8.41. The van der Waals surface area contributed by atoms with Crippen LogP contribution in [0.1, 0.15) is 39.0 Å². The number of halogens is 2. The summed E-state index contributed by atoms with van der Waals surface area (Å²) in [5.74, 6) is -0.831. The van der Waals surface area contributed by atoms with Gasteiger partial charge in [-0.3, -0.25) is 9.59 Å². The number of carbonyl (C=O) groups excluding carboxylic acids is 2. The van der Waals surface area contributed by atoms with Crippen molar-refractivity contribution in [1.29, 1.82) is 0 Å². The number of fused-ring (bicyclic) bond motifs is 1. The first-order valence-electron chi connectivity index (χ1n) is 11.5. The lowest BCUT2D eigenvalue weighted by Crippen LogP contribution is -2.23. The van der Waals surface area contributed by atoms with Crippen molar-refractivity contribution in [3.05, 3.63) is 88.7 Å². The Bertz CT molecular complexity index is 1460. The van der Waals surface area contributed by atoms with E-state index in [4.69, 9.17) is 11.5 Å². The molecule has 5 rings (SSSR count). The van der Waals surface area contributed by atoms with Gasteiger partial charge in [0.15, 0.2) is 0 Å². The topological polar surface area (TPSA) is 139 Å². The minimum atomic E-state index is -0.452. The molecule has 7 N–H and O–H groups in total. The van der Waals surface area contributed by atoms with Gasteiger partial charge >= 0.3 is 0 Å². The van der Waals surface area contributed by atoms with Crippen LogP contribution in [0.4, 0.5) is 20.2 Å². The first kappa shape index (κ1) is 25.4. The first-order valence-corrected chi connectivity index (χ1v) is 11.5. The van der Waals surface area contributed by atoms with Gasteiger partial charge in [-0.25, -0.2) is 13.8 Å². The Balaban J connectivity index is 0.000000342. The van der Waals surface area contributed by atoms with Crippen LogP contribution in [0.25, 0.3) is 22.5 Å². The molecule has 0 saturated carbocycles. The average Bonchev–Trinajstić information content (AvgIpc) is 3.44. The summed E-state index contributed by atoms with van der Waals surface area (Å²) in [6, 6.07) is 13.7. The fraction of sp³-hybridized carbons (Fsp3) is 0.148. The third-order valence-corrected chi connectivity index (χ3v) is 5.81. The average molecular weight is 505 g/mol. The Morgan fingerprint density at radius 3 is 2.30 bits per heavy atom. The predicted molar refractivity (Wildman–Crippen MR) is 139 cm³/mol. The number of nitrogens with zero attached hydrogens (tertiary/aromatic N) is 1. The fourth-order valence-corrected chi connectivity index (χ4v) is 4.06. The molecular weight excluding hydrogens is 478 g/mol. The number of benzene rings is 3. The molecule has 0 radical (unpaired) electrons. The molecule has 2 heterocycles. The van der Waals surface area contributed by atoms with E-state index in [1.807, 2.05) is 6.92 Å². The Labute approximate surface area is 212 Å². The van der Waals surface area contributed by atoms with Gasteiger partial charge in [0.1, 0.15) is 23.2 Å². The third kappa shape index (κ3) is 5.27. The van der Waals surface area contributed by atoms with Crippen LogP contribution in [0.2, 0.25) is 0 Å². The molecule has 1 aliphatic heterocycles. The van der Waals surface area contributed by atoms with Crippen LogP contribution in [0.5, 0.6) is 0 Å². The number of aromatic nitrogens is 2. The van der Waals surface area contributed by atoms with Crippen LogP contribution in [0.15, 0.2) is 54.6 Å². The molecule has 1 aromatic heterocycles. The molecule has 0 aliphatic carbocycles. The molecule has 0 unspecified atom stereocenters. The van der Waals surface area contributed by atoms with Crippen molar-refractivity contribution in [3.63, 3.8) is 0 Å². The molecule has 37 heavy (non-hydrogen) atoms. The van der Waals surface area contributed by atoms with Gasteiger partial charge in [-0.15, -0.1) is 0 Å². The number of aryl methyl sites for hydroxylation is 1. The van der Waals surface area contributed by atoms with Gasteiger partial charge in [-0.2, -0.15) is 0 Å². The number of carbonyl (C=O) groups is 2. The van der Waals surface area contributed by atoms with Crippen LogP contribution in [-0.2, 0) is 6.54 Å². The Morgan fingerprint density at radius 1 is 1.00 bits per heavy atom. The van der Waals surface area contributed by atoms with Crippen LogP contribution in [0.3, 0.4) is 0 Å². The summed E-state index contributed by atoms with van der Waals surface area (Å²) < 4.78 is 26.5. The molecule has 8 nitrogen and oxygen atoms in total. The zero-order valence-corrected chi connectivity index (χ0v) is 20.3. The van der Waals surface area contributed by atoms with Gasteiger partial charge in [0.2, 0.25) is 0 Å². The number of hydrogen-bond donors (Lipinski definition) is 5. The van der Waals surface area contributed by atoms with Crippen molar-refractivity contribution in [2.45, 2.75) is 20.4 Å². The van der Waals surface area contributed by atoms with Crippen LogP contribution < -0.4 is 22.1 Å². The van der Waals surface area contributed by atoms with Gasteiger partial charge in [0.05, 0.1) is 5.56 Å². The molecule has 0 saturated heterocycles. The van der Waals surface area contributed by atoms with E-state index in [2.05, 4.69) is 20.6 Å². The number of nitrogen functional groups attached to an aromatic ring is 2. The van der Waals surface area contributed by atoms with Crippen LogP contribution in [-0.4, -0.2) is 28.3 Å². The molecular formula is C27H26F2N6O2. The van der Waals surface area contributed by atoms with Crippen molar-refractivity contribution in [2.24, 2.45) is 0 Å². The quantitative estimate of drug-likeness (QED) is 0.266. The second-order valence-electron chi connectivity index (χ2n) is 8.41. The summed E-state index contributed by atoms with van der Waals surface area (Å²) in [7, 11) is 0. The summed E-state index contributed by atoms with van der Waals surface area (Å²) in [4.78, 5) is 32.2. The molecule has 0 fully saturated rings. The summed E-state index contributed by atoms with van der Waals surface area (Å²) in [6.45, 7) is 4.34. The van der Waals surface area contributed by atoms with Crippen molar-refractivity contribution in [2.75, 3.05) is 18.0 Å². The number of amides is 2. The fourth-order valence-electron chi connectivity index (χ4n) is 4.06. The number of anilines is 2. The molecule has 190 valence electrons. The normalized spacial score (nSPS) is 11.8. The van der Waals surface area contributed by atoms with Crippen LogP contribution in [0, 0.1) is 18.6 Å². The minimum Gasteiger partial charge on any atom is -0.399 e. The molecule has 10 heteroatoms. The lowest BCUT2D eigenvalue weighted by molar-refractivity contribution is 0.0947. The van der Waals surface area contributed by atoms with Gasteiger partial charge < -0.3 is 27.1 Å². The van der Waals surface area contributed by atoms with Crippen LogP contribution >= 0.6 is 0 Å². The molecule has 2 amide bonds. The van der Waals surface area contributed by atoms with E-state index in [0.717, 1.165) is 0 Å². The lowest BCUT2D eigenvalue weighted by atomic mass is 9.92. The minimum absolute atomic E-state index is 0.251. The molecule has 0 bridgehead atoms. The standard InChI is InChI=1S/C21H20FN5O2.C6H6FN/c1-3-24-21(29)18-10(2)26-19(27-18)14-7-6-12(15-9-25-20(28)17(14)15)13-5-4-11(23)8-16(13)22;7-5-1-3-6(8)4-2-5/h4-8H,3,9,23H2,1-2H3,(H,24,29)(H,25,28)(H,26,27);1-4H,8H2. The maximum Gasteiger partial charge on any atom is 0.271 e. The zero-order chi connectivity index (χ0) is 26.7. The largest absolute Gasteiger partial charge is 0.399 e. The number of hydrogen-bond acceptors (Lipinski definition) is 5. The van der Waals surface area contributed by atoms with Crippen molar-refractivity contribution < 1.29 is 18.4 Å². The number of aromatic amines is 1. The van der Waals surface area contributed by atoms with E-state index in [0.29, 0.717) is 57.3 Å². The number of H-pyrrole nitrogens is 1. The van der Waals surface area contributed by atoms with Gasteiger partial charge in [0.25, 0.3) is 11.8 Å². The molecule has 0 spiro atoms. The summed E-state index contributed by atoms with van der Waals surface area (Å²) in [5.41, 5.74) is 15.4. The highest BCUT2D eigenvalue weighted by atomic mass is 19.1. The van der Waals surface area contributed by atoms with E-state index in [9.17, 15) is 18.4 Å². The smallest absolute Gasteiger partial charge is 0.271 e. The summed E-state index contributed by atoms with van der Waals surface area (Å²) in [6.07, 6.45) is 0. The second kappa shape index (κ2) is 10.5. The number of imidazole rings is 1. The van der Waals surface area contributed by atoms with Gasteiger partial charge in [-0.1, -0.05) is 6.07 Å². The van der Waals surface area contributed by atoms with E-state index in [1.54, 1.807) is 31.2 Å². The van der Waals surface area contributed by atoms with E-state index >= 15 is 0 Å². The number of nitrogens with one attached hydrogen (secondary N) is 3.